The topological polar surface area (TPSA) is 46.2 Å². The Hall–Kier alpha value is -0.380. The molecule has 0 saturated carbocycles. The second kappa shape index (κ2) is 2.10. The van der Waals surface area contributed by atoms with E-state index in [1.165, 1.54) is 0 Å². The third-order valence-corrected chi connectivity index (χ3v) is 3.14. The van der Waals surface area contributed by atoms with Gasteiger partial charge in [0, 0.05) is 0 Å². The smallest absolute Gasteiger partial charge is 0.235 e. The van der Waals surface area contributed by atoms with Crippen molar-refractivity contribution >= 4 is 16.9 Å². The van der Waals surface area contributed by atoms with Crippen LogP contribution >= 0.6 is 0 Å². The van der Waals surface area contributed by atoms with Crippen molar-refractivity contribution in [1.29, 1.82) is 0 Å². The fraction of sp³-hybridized carbons (Fsp3) is 0.800. The van der Waals surface area contributed by atoms with Gasteiger partial charge in [-0.25, -0.2) is 4.21 Å². The minimum atomic E-state index is -1.13. The van der Waals surface area contributed by atoms with Gasteiger partial charge in [-0.3, -0.25) is 9.52 Å². The lowest BCUT2D eigenvalue weighted by Crippen LogP contribution is -2.17. The van der Waals surface area contributed by atoms with Gasteiger partial charge in [-0.15, -0.1) is 0 Å². The average molecular weight is 147 g/mol. The van der Waals surface area contributed by atoms with E-state index in [1.54, 1.807) is 13.8 Å². The van der Waals surface area contributed by atoms with Crippen LogP contribution in [0.15, 0.2) is 0 Å². The molecule has 0 aliphatic carbocycles. The van der Waals surface area contributed by atoms with Crippen molar-refractivity contribution in [1.82, 2.24) is 4.72 Å². The summed E-state index contributed by atoms with van der Waals surface area (Å²) >= 11 is 0. The standard InChI is InChI=1S/C5H9NO2S/c1-3-4(2)9(8)6-5(3)7/h3-4H,1-2H3,(H,6,7)/t3-,4+,9?/m0/s1. The largest absolute Gasteiger partial charge is 0.275 e. The van der Waals surface area contributed by atoms with E-state index in [9.17, 15) is 9.00 Å². The van der Waals surface area contributed by atoms with E-state index >= 15 is 0 Å². The third-order valence-electron chi connectivity index (χ3n) is 1.66. The van der Waals surface area contributed by atoms with Crippen molar-refractivity contribution in [2.75, 3.05) is 0 Å². The molecule has 1 rings (SSSR count). The number of amides is 1. The summed E-state index contributed by atoms with van der Waals surface area (Å²) in [5, 5.41) is -0.0301. The van der Waals surface area contributed by atoms with Crippen molar-refractivity contribution in [3.63, 3.8) is 0 Å². The summed E-state index contributed by atoms with van der Waals surface area (Å²) in [4.78, 5) is 10.7. The van der Waals surface area contributed by atoms with Crippen molar-refractivity contribution < 1.29 is 9.00 Å². The second-order valence-electron chi connectivity index (χ2n) is 2.26. The molecule has 0 spiro atoms. The van der Waals surface area contributed by atoms with Gasteiger partial charge in [0.1, 0.15) is 11.0 Å². The molecule has 0 aromatic rings. The zero-order valence-electron chi connectivity index (χ0n) is 5.38. The molecule has 1 saturated heterocycles. The molecule has 1 N–H and O–H groups in total. The Balaban J connectivity index is 2.77. The van der Waals surface area contributed by atoms with Crippen molar-refractivity contribution in [2.24, 2.45) is 5.92 Å². The monoisotopic (exact) mass is 147 g/mol. The van der Waals surface area contributed by atoms with Gasteiger partial charge in [-0.1, -0.05) is 6.92 Å². The van der Waals surface area contributed by atoms with E-state index in [0.29, 0.717) is 0 Å². The van der Waals surface area contributed by atoms with E-state index in [0.717, 1.165) is 0 Å². The molecule has 1 aliphatic rings. The number of rotatable bonds is 0. The van der Waals surface area contributed by atoms with E-state index < -0.39 is 11.0 Å². The minimum Gasteiger partial charge on any atom is -0.275 e. The number of hydrogen-bond acceptors (Lipinski definition) is 2. The van der Waals surface area contributed by atoms with Gasteiger partial charge >= 0.3 is 0 Å². The third kappa shape index (κ3) is 0.986. The first-order chi connectivity index (χ1) is 4.13. The Morgan fingerprint density at radius 1 is 1.56 bits per heavy atom. The molecule has 1 unspecified atom stereocenters. The predicted molar refractivity (Wildman–Crippen MR) is 34.9 cm³/mol. The Labute approximate surface area is 56.4 Å². The summed E-state index contributed by atoms with van der Waals surface area (Å²) in [6.45, 7) is 3.59. The molecule has 3 nitrogen and oxygen atoms in total. The molecule has 1 fully saturated rings. The molecule has 0 aromatic carbocycles. The first kappa shape index (κ1) is 6.74. The highest BCUT2D eigenvalue weighted by Crippen LogP contribution is 2.14. The van der Waals surface area contributed by atoms with Gasteiger partial charge in [0.2, 0.25) is 5.91 Å². The Morgan fingerprint density at radius 2 is 2.11 bits per heavy atom. The van der Waals surface area contributed by atoms with Crippen LogP contribution in [-0.2, 0) is 15.8 Å². The maximum atomic E-state index is 10.8. The molecule has 4 heteroatoms. The molecule has 1 aliphatic heterocycles. The quantitative estimate of drug-likeness (QED) is 0.516. The van der Waals surface area contributed by atoms with Crippen molar-refractivity contribution in [3.05, 3.63) is 0 Å². The summed E-state index contributed by atoms with van der Waals surface area (Å²) < 4.78 is 13.1. The number of carbonyl (C=O) groups is 1. The normalized spacial score (nSPS) is 42.9. The average Bonchev–Trinajstić information content (AvgIpc) is 1.98. The summed E-state index contributed by atoms with van der Waals surface area (Å²) in [6, 6.07) is 0. The van der Waals surface area contributed by atoms with Gasteiger partial charge in [0.25, 0.3) is 0 Å². The van der Waals surface area contributed by atoms with Crippen LogP contribution < -0.4 is 4.72 Å². The SMILES string of the molecule is C[C@@H]1C(=O)NS(=O)[C@@H]1C. The van der Waals surface area contributed by atoms with Crippen LogP contribution in [0.5, 0.6) is 0 Å². The molecular weight excluding hydrogens is 138 g/mol. The van der Waals surface area contributed by atoms with Gasteiger partial charge in [-0.05, 0) is 6.92 Å². The lowest BCUT2D eigenvalue weighted by molar-refractivity contribution is -0.121. The van der Waals surface area contributed by atoms with Crippen molar-refractivity contribution in [3.8, 4) is 0 Å². The summed E-state index contributed by atoms with van der Waals surface area (Å²) in [5.74, 6) is -0.188. The van der Waals surface area contributed by atoms with E-state index in [4.69, 9.17) is 0 Å². The minimum absolute atomic E-state index is 0.0301. The zero-order chi connectivity index (χ0) is 7.02. The van der Waals surface area contributed by atoms with Crippen LogP contribution in [0, 0.1) is 5.92 Å². The number of hydrogen-bond donors (Lipinski definition) is 1. The van der Waals surface area contributed by atoms with Crippen LogP contribution in [0.3, 0.4) is 0 Å². The molecule has 0 bridgehead atoms. The fourth-order valence-electron chi connectivity index (χ4n) is 0.684. The molecule has 0 radical (unpaired) electrons. The van der Waals surface area contributed by atoms with Gasteiger partial charge < -0.3 is 0 Å². The fourth-order valence-corrected chi connectivity index (χ4v) is 1.75. The first-order valence-corrected chi connectivity index (χ1v) is 4.05. The molecular formula is C5H9NO2S. The number of carbonyl (C=O) groups excluding carboxylic acids is 1. The highest BCUT2D eigenvalue weighted by molar-refractivity contribution is 7.84. The lowest BCUT2D eigenvalue weighted by atomic mass is 10.1. The zero-order valence-corrected chi connectivity index (χ0v) is 6.20. The van der Waals surface area contributed by atoms with E-state index in [2.05, 4.69) is 4.72 Å². The van der Waals surface area contributed by atoms with Gasteiger partial charge in [-0.2, -0.15) is 0 Å². The Morgan fingerprint density at radius 3 is 2.22 bits per heavy atom. The van der Waals surface area contributed by atoms with Crippen LogP contribution in [0.25, 0.3) is 0 Å². The highest BCUT2D eigenvalue weighted by Gasteiger charge is 2.33. The lowest BCUT2D eigenvalue weighted by Gasteiger charge is -1.99. The Bertz CT molecular complexity index is 150. The molecule has 0 aromatic heterocycles. The predicted octanol–water partition coefficient (Wildman–Crippen LogP) is -0.196. The molecule has 1 heterocycles. The van der Waals surface area contributed by atoms with E-state index in [1.807, 2.05) is 0 Å². The van der Waals surface area contributed by atoms with Gasteiger partial charge in [0.15, 0.2) is 0 Å². The maximum Gasteiger partial charge on any atom is 0.235 e. The summed E-state index contributed by atoms with van der Waals surface area (Å²) in [6.07, 6.45) is 0. The molecule has 1 amide bonds. The highest BCUT2D eigenvalue weighted by atomic mass is 32.2. The molecule has 9 heavy (non-hydrogen) atoms. The summed E-state index contributed by atoms with van der Waals surface area (Å²) in [5.41, 5.74) is 0. The van der Waals surface area contributed by atoms with Crippen LogP contribution in [0.1, 0.15) is 13.8 Å². The van der Waals surface area contributed by atoms with Crippen LogP contribution in [0.4, 0.5) is 0 Å². The van der Waals surface area contributed by atoms with E-state index in [-0.39, 0.29) is 17.1 Å². The maximum absolute atomic E-state index is 10.8. The molecule has 3 atom stereocenters. The molecule has 52 valence electrons. The van der Waals surface area contributed by atoms with Crippen LogP contribution in [-0.4, -0.2) is 15.4 Å². The van der Waals surface area contributed by atoms with Crippen LogP contribution in [0.2, 0.25) is 0 Å². The Kier molecular flexibility index (Phi) is 1.57. The number of nitrogens with one attached hydrogen (secondary N) is 1. The van der Waals surface area contributed by atoms with Gasteiger partial charge in [0.05, 0.1) is 11.2 Å². The second-order valence-corrected chi connectivity index (χ2v) is 3.80. The van der Waals surface area contributed by atoms with Crippen molar-refractivity contribution in [2.45, 2.75) is 19.1 Å². The summed E-state index contributed by atoms with van der Waals surface area (Å²) in [7, 11) is -1.13. The first-order valence-electron chi connectivity index (χ1n) is 2.84.